The van der Waals surface area contributed by atoms with Gasteiger partial charge in [0.25, 0.3) is 0 Å². The zero-order valence-electron chi connectivity index (χ0n) is 38.6. The molecule has 386 valence electrons. The van der Waals surface area contributed by atoms with Gasteiger partial charge in [-0.05, 0) is 51.4 Å². The Hall–Kier alpha value is -6.72. The highest BCUT2D eigenvalue weighted by Crippen LogP contribution is 2.10. The summed E-state index contributed by atoms with van der Waals surface area (Å²) in [5, 5.41) is 75.0. The molecule has 0 rings (SSSR count). The standard InChI is InChI=1S/C39H68N12O17/c1-16(2)12-23(35(64)49-25(15-53)38(67)68)47-32(61)21(8-7-11-43-39(41)42)45-30(59)18(5)44-34(63)24(13-27(57)58)48-36(65)28(17(3)4)50-33(62)22(9-10-26(55)56)46-37(66)29(19(6)54)51-31(60)20(40)14-52/h16-25,28-29,52-54H,7-15,40H2,1-6H3,(H,44,63)(H,45,59)(H,46,66)(H,47,61)(H,48,65)(H,49,64)(H,50,62)(H,51,60)(H,55,56)(H,57,58)(H,67,68)(H4,41,42,43). The highest BCUT2D eigenvalue weighted by molar-refractivity contribution is 5.99. The number of hydrogen-bond donors (Lipinski definition) is 17. The number of carbonyl (C=O) groups is 11. The van der Waals surface area contributed by atoms with Crippen LogP contribution in [0.5, 0.6) is 0 Å². The molecule has 68 heavy (non-hydrogen) atoms. The summed E-state index contributed by atoms with van der Waals surface area (Å²) in [6, 6.07) is -14.5. The lowest BCUT2D eigenvalue weighted by molar-refractivity contribution is -0.143. The second-order valence-corrected chi connectivity index (χ2v) is 16.4. The molecule has 0 heterocycles. The van der Waals surface area contributed by atoms with Crippen LogP contribution in [0.2, 0.25) is 0 Å². The molecule has 0 aromatic rings. The number of nitrogens with two attached hydrogens (primary N) is 3. The van der Waals surface area contributed by atoms with E-state index in [-0.39, 0.29) is 37.7 Å². The number of hydrogen-bond acceptors (Lipinski definition) is 16. The van der Waals surface area contributed by atoms with Crippen LogP contribution in [0.25, 0.3) is 0 Å². The zero-order chi connectivity index (χ0) is 52.6. The monoisotopic (exact) mass is 976 g/mol. The van der Waals surface area contributed by atoms with Gasteiger partial charge in [-0.15, -0.1) is 0 Å². The fourth-order valence-corrected chi connectivity index (χ4v) is 5.86. The summed E-state index contributed by atoms with van der Waals surface area (Å²) in [4.78, 5) is 145. The average Bonchev–Trinajstić information content (AvgIpc) is 3.23. The first-order valence-corrected chi connectivity index (χ1v) is 21.4. The molecule has 0 saturated heterocycles. The zero-order valence-corrected chi connectivity index (χ0v) is 38.6. The summed E-state index contributed by atoms with van der Waals surface area (Å²) in [6.07, 6.45) is -4.03. The number of nitrogens with zero attached hydrogens (tertiary/aromatic N) is 1. The Balaban J connectivity index is 6.41. The molecule has 10 unspecified atom stereocenters. The molecule has 20 N–H and O–H groups in total. The molecule has 0 aliphatic rings. The number of aliphatic imine (C=N–C) groups is 1. The van der Waals surface area contributed by atoms with Crippen LogP contribution >= 0.6 is 0 Å². The highest BCUT2D eigenvalue weighted by Gasteiger charge is 2.36. The molecule has 0 aliphatic carbocycles. The Labute approximate surface area is 390 Å². The molecular formula is C39H68N12O17. The first-order chi connectivity index (χ1) is 31.6. The summed E-state index contributed by atoms with van der Waals surface area (Å²) >= 11 is 0. The summed E-state index contributed by atoms with van der Waals surface area (Å²) in [5.74, 6) is -14.5. The van der Waals surface area contributed by atoms with Crippen LogP contribution in [0.3, 0.4) is 0 Å². The summed E-state index contributed by atoms with van der Waals surface area (Å²) in [5.41, 5.74) is 16.2. The number of aliphatic carboxylic acids is 3. The molecule has 29 heteroatoms. The van der Waals surface area contributed by atoms with Crippen molar-refractivity contribution in [3.05, 3.63) is 0 Å². The molecule has 0 bridgehead atoms. The van der Waals surface area contributed by atoms with E-state index >= 15 is 0 Å². The molecule has 8 amide bonds. The molecule has 0 saturated carbocycles. The number of aliphatic hydroxyl groups excluding tert-OH is 3. The van der Waals surface area contributed by atoms with Gasteiger partial charge in [-0.25, -0.2) is 4.79 Å². The molecular weight excluding hydrogens is 908 g/mol. The number of guanidine groups is 1. The van der Waals surface area contributed by atoms with Crippen LogP contribution in [-0.4, -0.2) is 182 Å². The van der Waals surface area contributed by atoms with Gasteiger partial charge in [-0.1, -0.05) is 27.7 Å². The number of amides is 8. The van der Waals surface area contributed by atoms with Crippen LogP contribution in [0.4, 0.5) is 0 Å². The predicted octanol–water partition coefficient (Wildman–Crippen LogP) is -7.24. The van der Waals surface area contributed by atoms with Gasteiger partial charge in [0.2, 0.25) is 47.3 Å². The number of rotatable bonds is 32. The molecule has 0 aromatic carbocycles. The third-order valence-corrected chi connectivity index (χ3v) is 9.60. The lowest BCUT2D eigenvalue weighted by Crippen LogP contribution is -2.62. The number of carbonyl (C=O) groups excluding carboxylic acids is 8. The molecule has 0 radical (unpaired) electrons. The summed E-state index contributed by atoms with van der Waals surface area (Å²) < 4.78 is 0. The van der Waals surface area contributed by atoms with Crippen molar-refractivity contribution in [3.8, 4) is 0 Å². The van der Waals surface area contributed by atoms with E-state index in [0.717, 1.165) is 13.8 Å². The SMILES string of the molecule is CC(C)CC(NC(=O)C(CCCN=C(N)N)NC(=O)C(C)NC(=O)C(CC(=O)O)NC(=O)C(NC(=O)C(CCC(=O)O)NC(=O)C(NC(=O)C(N)CO)C(C)O)C(C)C)C(=O)NC(CO)C(=O)O. The smallest absolute Gasteiger partial charge is 0.328 e. The van der Waals surface area contributed by atoms with Crippen LogP contribution in [-0.2, 0) is 52.7 Å². The first-order valence-electron chi connectivity index (χ1n) is 21.4. The molecule has 0 fully saturated rings. The van der Waals surface area contributed by atoms with Crippen LogP contribution < -0.4 is 59.7 Å². The number of aliphatic hydroxyl groups is 3. The van der Waals surface area contributed by atoms with Crippen molar-refractivity contribution in [2.75, 3.05) is 19.8 Å². The van der Waals surface area contributed by atoms with Crippen molar-refractivity contribution in [2.24, 2.45) is 34.0 Å². The Morgan fingerprint density at radius 1 is 0.529 bits per heavy atom. The Morgan fingerprint density at radius 2 is 1.00 bits per heavy atom. The normalized spacial score (nSPS) is 15.5. The van der Waals surface area contributed by atoms with Crippen molar-refractivity contribution in [1.82, 2.24) is 42.5 Å². The minimum atomic E-state index is -1.92. The maximum atomic E-state index is 13.6. The van der Waals surface area contributed by atoms with E-state index < -0.39 is 164 Å². The van der Waals surface area contributed by atoms with Crippen molar-refractivity contribution in [1.29, 1.82) is 0 Å². The number of carboxylic acids is 3. The third kappa shape index (κ3) is 23.1. The second kappa shape index (κ2) is 30.5. The third-order valence-electron chi connectivity index (χ3n) is 9.60. The highest BCUT2D eigenvalue weighted by atomic mass is 16.4. The first kappa shape index (κ1) is 61.3. The fraction of sp³-hybridized carbons (Fsp3) is 0.692. The minimum absolute atomic E-state index is 0.00960. The van der Waals surface area contributed by atoms with Crippen LogP contribution in [0.1, 0.15) is 80.1 Å². The van der Waals surface area contributed by atoms with E-state index in [1.165, 1.54) is 13.8 Å². The largest absolute Gasteiger partial charge is 0.481 e. The van der Waals surface area contributed by atoms with Crippen molar-refractivity contribution in [2.45, 2.75) is 141 Å². The van der Waals surface area contributed by atoms with E-state index in [1.54, 1.807) is 13.8 Å². The van der Waals surface area contributed by atoms with Gasteiger partial charge in [0.05, 0.1) is 25.7 Å². The minimum Gasteiger partial charge on any atom is -0.481 e. The molecule has 29 nitrogen and oxygen atoms in total. The Kier molecular flexibility index (Phi) is 27.5. The average molecular weight is 977 g/mol. The van der Waals surface area contributed by atoms with Crippen molar-refractivity contribution >= 4 is 71.1 Å². The molecule has 0 spiro atoms. The number of nitrogens with one attached hydrogen (secondary N) is 8. The van der Waals surface area contributed by atoms with Crippen LogP contribution in [0.15, 0.2) is 4.99 Å². The molecule has 0 aliphatic heterocycles. The second-order valence-electron chi connectivity index (χ2n) is 16.4. The van der Waals surface area contributed by atoms with Gasteiger partial charge in [0.1, 0.15) is 54.4 Å². The molecule has 10 atom stereocenters. The van der Waals surface area contributed by atoms with E-state index in [4.69, 9.17) is 22.3 Å². The van der Waals surface area contributed by atoms with Gasteiger partial charge >= 0.3 is 17.9 Å². The maximum Gasteiger partial charge on any atom is 0.328 e. The molecule has 0 aromatic heterocycles. The summed E-state index contributed by atoms with van der Waals surface area (Å²) in [7, 11) is 0. The predicted molar refractivity (Wildman–Crippen MR) is 236 cm³/mol. The van der Waals surface area contributed by atoms with Gasteiger partial charge in [-0.3, -0.25) is 52.9 Å². The van der Waals surface area contributed by atoms with Crippen molar-refractivity contribution < 1.29 is 83.4 Å². The van der Waals surface area contributed by atoms with E-state index in [0.29, 0.717) is 0 Å². The number of carboxylic acid groups (broad SMARTS) is 3. The lowest BCUT2D eigenvalue weighted by Gasteiger charge is -2.29. The van der Waals surface area contributed by atoms with E-state index in [2.05, 4.69) is 47.5 Å². The van der Waals surface area contributed by atoms with Gasteiger partial charge in [-0.2, -0.15) is 0 Å². The van der Waals surface area contributed by atoms with Gasteiger partial charge in [0.15, 0.2) is 5.96 Å². The van der Waals surface area contributed by atoms with Gasteiger partial charge < -0.3 is 90.4 Å². The van der Waals surface area contributed by atoms with Crippen molar-refractivity contribution in [3.63, 3.8) is 0 Å². The quantitative estimate of drug-likeness (QED) is 0.0169. The Morgan fingerprint density at radius 3 is 1.49 bits per heavy atom. The Bertz CT molecular complexity index is 1810. The maximum absolute atomic E-state index is 13.6. The fourth-order valence-electron chi connectivity index (χ4n) is 5.86. The topological polar surface area (TPSA) is 496 Å². The van der Waals surface area contributed by atoms with E-state index in [9.17, 15) is 78.3 Å². The lowest BCUT2D eigenvalue weighted by atomic mass is 10.0. The van der Waals surface area contributed by atoms with Gasteiger partial charge in [0, 0.05) is 13.0 Å². The van der Waals surface area contributed by atoms with E-state index in [1.807, 2.05) is 0 Å². The summed E-state index contributed by atoms with van der Waals surface area (Å²) in [6.45, 7) is 6.72. The van der Waals surface area contributed by atoms with Crippen LogP contribution in [0, 0.1) is 11.8 Å².